The summed E-state index contributed by atoms with van der Waals surface area (Å²) < 4.78 is 5.11. The third-order valence-electron chi connectivity index (χ3n) is 3.35. The fraction of sp³-hybridized carbons (Fsp3) is 0.294. The van der Waals surface area contributed by atoms with Crippen molar-refractivity contribution in [2.45, 2.75) is 25.9 Å². The van der Waals surface area contributed by atoms with Gasteiger partial charge in [-0.1, -0.05) is 29.8 Å². The molecule has 0 radical (unpaired) electrons. The van der Waals surface area contributed by atoms with Crippen LogP contribution in [0.25, 0.3) is 0 Å². The zero-order valence-corrected chi connectivity index (χ0v) is 13.0. The van der Waals surface area contributed by atoms with Gasteiger partial charge in [0, 0.05) is 17.6 Å². The van der Waals surface area contributed by atoms with Crippen LogP contribution < -0.4 is 10.1 Å². The van der Waals surface area contributed by atoms with Crippen LogP contribution in [0, 0.1) is 0 Å². The van der Waals surface area contributed by atoms with E-state index in [1.807, 2.05) is 36.4 Å². The number of rotatable bonds is 6. The monoisotopic (exact) mass is 305 g/mol. The van der Waals surface area contributed by atoms with Crippen LogP contribution in [0.1, 0.15) is 18.1 Å². The van der Waals surface area contributed by atoms with E-state index in [2.05, 4.69) is 12.2 Å². The molecular formula is C17H20ClNO2. The van der Waals surface area contributed by atoms with Gasteiger partial charge in [0.2, 0.25) is 0 Å². The summed E-state index contributed by atoms with van der Waals surface area (Å²) in [6.45, 7) is 2.87. The summed E-state index contributed by atoms with van der Waals surface area (Å²) in [6.07, 6.45) is 0.937. The maximum atomic E-state index is 9.57. The number of hydrogen-bond donors (Lipinski definition) is 2. The van der Waals surface area contributed by atoms with E-state index in [0.717, 1.165) is 23.6 Å². The van der Waals surface area contributed by atoms with Crippen molar-refractivity contribution < 1.29 is 9.84 Å². The highest BCUT2D eigenvalue weighted by Gasteiger charge is 2.06. The molecule has 0 aromatic heterocycles. The minimum atomic E-state index is 0.162. The van der Waals surface area contributed by atoms with Gasteiger partial charge in [-0.15, -0.1) is 0 Å². The Hall–Kier alpha value is -1.71. The van der Waals surface area contributed by atoms with Gasteiger partial charge < -0.3 is 15.2 Å². The first-order chi connectivity index (χ1) is 10.1. The Bertz CT molecular complexity index is 584. The lowest BCUT2D eigenvalue weighted by atomic mass is 10.1. The highest BCUT2D eigenvalue weighted by molar-refractivity contribution is 6.30. The van der Waals surface area contributed by atoms with Crippen LogP contribution in [0.2, 0.25) is 5.02 Å². The lowest BCUT2D eigenvalue weighted by Gasteiger charge is -2.15. The molecule has 2 aromatic carbocycles. The lowest BCUT2D eigenvalue weighted by molar-refractivity contribution is 0.372. The van der Waals surface area contributed by atoms with E-state index >= 15 is 0 Å². The summed E-state index contributed by atoms with van der Waals surface area (Å²) in [6, 6.07) is 13.6. The molecule has 1 atom stereocenters. The van der Waals surface area contributed by atoms with Crippen LogP contribution in [0.15, 0.2) is 42.5 Å². The molecule has 0 heterocycles. The molecule has 0 saturated carbocycles. The first-order valence-corrected chi connectivity index (χ1v) is 7.30. The van der Waals surface area contributed by atoms with Gasteiger partial charge in [0.1, 0.15) is 0 Å². The normalized spacial score (nSPS) is 12.1. The van der Waals surface area contributed by atoms with Gasteiger partial charge >= 0.3 is 0 Å². The van der Waals surface area contributed by atoms with Gasteiger partial charge in [-0.3, -0.25) is 0 Å². The summed E-state index contributed by atoms with van der Waals surface area (Å²) >= 11 is 5.88. The van der Waals surface area contributed by atoms with E-state index in [1.165, 1.54) is 5.56 Å². The number of methoxy groups -OCH3 is 1. The van der Waals surface area contributed by atoms with Gasteiger partial charge in [0.05, 0.1) is 7.11 Å². The largest absolute Gasteiger partial charge is 0.504 e. The smallest absolute Gasteiger partial charge is 0.160 e. The van der Waals surface area contributed by atoms with Crippen LogP contribution in [0.3, 0.4) is 0 Å². The quantitative estimate of drug-likeness (QED) is 0.853. The highest BCUT2D eigenvalue weighted by Crippen LogP contribution is 2.26. The number of benzene rings is 2. The number of ether oxygens (including phenoxy) is 1. The van der Waals surface area contributed by atoms with Crippen LogP contribution in [-0.4, -0.2) is 18.3 Å². The van der Waals surface area contributed by atoms with Crippen molar-refractivity contribution in [3.8, 4) is 11.5 Å². The van der Waals surface area contributed by atoms with E-state index in [1.54, 1.807) is 13.2 Å². The molecule has 0 amide bonds. The number of halogens is 1. The van der Waals surface area contributed by atoms with Crippen molar-refractivity contribution in [2.75, 3.05) is 7.11 Å². The SMILES string of the molecule is COc1cc(CNC(C)Cc2ccc(Cl)cc2)ccc1O. The van der Waals surface area contributed by atoms with Crippen LogP contribution in [-0.2, 0) is 13.0 Å². The maximum Gasteiger partial charge on any atom is 0.160 e. The Morgan fingerprint density at radius 2 is 1.81 bits per heavy atom. The second-order valence-electron chi connectivity index (χ2n) is 5.12. The molecular weight excluding hydrogens is 286 g/mol. The molecule has 0 saturated heterocycles. The first kappa shape index (κ1) is 15.7. The molecule has 0 bridgehead atoms. The molecule has 112 valence electrons. The molecule has 0 fully saturated rings. The lowest BCUT2D eigenvalue weighted by Crippen LogP contribution is -2.27. The summed E-state index contributed by atoms with van der Waals surface area (Å²) in [5.41, 5.74) is 2.33. The van der Waals surface area contributed by atoms with Crippen LogP contribution >= 0.6 is 11.6 Å². The van der Waals surface area contributed by atoms with Gasteiger partial charge in [0.25, 0.3) is 0 Å². The maximum absolute atomic E-state index is 9.57. The second-order valence-corrected chi connectivity index (χ2v) is 5.56. The van der Waals surface area contributed by atoms with Crippen molar-refractivity contribution in [3.05, 3.63) is 58.6 Å². The van der Waals surface area contributed by atoms with E-state index in [-0.39, 0.29) is 5.75 Å². The number of phenols is 1. The number of hydrogen-bond acceptors (Lipinski definition) is 3. The van der Waals surface area contributed by atoms with E-state index in [0.29, 0.717) is 11.8 Å². The van der Waals surface area contributed by atoms with Gasteiger partial charge in [-0.05, 0) is 48.7 Å². The summed E-state index contributed by atoms with van der Waals surface area (Å²) in [4.78, 5) is 0. The standard InChI is InChI=1S/C17H20ClNO2/c1-12(9-13-3-6-15(18)7-4-13)19-11-14-5-8-16(20)17(10-14)21-2/h3-8,10,12,19-20H,9,11H2,1-2H3. The van der Waals surface area contributed by atoms with Crippen molar-refractivity contribution >= 4 is 11.6 Å². The predicted molar refractivity (Wildman–Crippen MR) is 86.1 cm³/mol. The fourth-order valence-corrected chi connectivity index (χ4v) is 2.30. The first-order valence-electron chi connectivity index (χ1n) is 6.92. The van der Waals surface area contributed by atoms with E-state index in [9.17, 15) is 5.11 Å². The molecule has 0 aliphatic heterocycles. The van der Waals surface area contributed by atoms with Crippen LogP contribution in [0.5, 0.6) is 11.5 Å². The Morgan fingerprint density at radius 3 is 2.48 bits per heavy atom. The zero-order chi connectivity index (χ0) is 15.2. The Kier molecular flexibility index (Phi) is 5.48. The summed E-state index contributed by atoms with van der Waals surface area (Å²) in [7, 11) is 1.55. The Labute approximate surface area is 130 Å². The van der Waals surface area contributed by atoms with Crippen molar-refractivity contribution in [3.63, 3.8) is 0 Å². The molecule has 21 heavy (non-hydrogen) atoms. The number of phenolic OH excluding ortho intramolecular Hbond substituents is 1. The average molecular weight is 306 g/mol. The van der Waals surface area contributed by atoms with Gasteiger partial charge in [-0.25, -0.2) is 0 Å². The molecule has 2 aromatic rings. The fourth-order valence-electron chi connectivity index (χ4n) is 2.17. The summed E-state index contributed by atoms with van der Waals surface area (Å²) in [5.74, 6) is 0.662. The van der Waals surface area contributed by atoms with Gasteiger partial charge in [0.15, 0.2) is 11.5 Å². The molecule has 3 nitrogen and oxygen atoms in total. The molecule has 0 aliphatic carbocycles. The Morgan fingerprint density at radius 1 is 1.14 bits per heavy atom. The third kappa shape index (κ3) is 4.66. The minimum Gasteiger partial charge on any atom is -0.504 e. The van der Waals surface area contributed by atoms with Crippen LogP contribution in [0.4, 0.5) is 0 Å². The van der Waals surface area contributed by atoms with Crippen molar-refractivity contribution in [2.24, 2.45) is 0 Å². The third-order valence-corrected chi connectivity index (χ3v) is 3.61. The summed E-state index contributed by atoms with van der Waals surface area (Å²) in [5, 5.41) is 13.8. The molecule has 1 unspecified atom stereocenters. The van der Waals surface area contributed by atoms with Crippen molar-refractivity contribution in [1.82, 2.24) is 5.32 Å². The second kappa shape index (κ2) is 7.34. The highest BCUT2D eigenvalue weighted by atomic mass is 35.5. The topological polar surface area (TPSA) is 41.5 Å². The molecule has 2 N–H and O–H groups in total. The predicted octanol–water partition coefficient (Wildman–Crippen LogP) is 3.78. The van der Waals surface area contributed by atoms with Gasteiger partial charge in [-0.2, -0.15) is 0 Å². The molecule has 2 rings (SSSR count). The van der Waals surface area contributed by atoms with E-state index in [4.69, 9.17) is 16.3 Å². The molecule has 4 heteroatoms. The minimum absolute atomic E-state index is 0.162. The number of nitrogens with one attached hydrogen (secondary N) is 1. The molecule has 0 aliphatic rings. The van der Waals surface area contributed by atoms with E-state index < -0.39 is 0 Å². The van der Waals surface area contributed by atoms with Crippen molar-refractivity contribution in [1.29, 1.82) is 0 Å². The molecule has 0 spiro atoms. The number of aromatic hydroxyl groups is 1. The zero-order valence-electron chi connectivity index (χ0n) is 12.3. The average Bonchev–Trinajstić information content (AvgIpc) is 2.49. The Balaban J connectivity index is 1.88.